The fourth-order valence-corrected chi connectivity index (χ4v) is 2.58. The summed E-state index contributed by atoms with van der Waals surface area (Å²) in [5, 5.41) is 5.00. The summed E-state index contributed by atoms with van der Waals surface area (Å²) >= 11 is 6.04. The Morgan fingerprint density at radius 3 is 2.28 bits per heavy atom. The van der Waals surface area contributed by atoms with Gasteiger partial charge in [-0.15, -0.1) is 0 Å². The third kappa shape index (κ3) is 5.08. The van der Waals surface area contributed by atoms with Gasteiger partial charge in [-0.2, -0.15) is 13.2 Å². The minimum Gasteiger partial charge on any atom is -0.322 e. The van der Waals surface area contributed by atoms with Crippen molar-refractivity contribution in [2.75, 3.05) is 10.6 Å². The van der Waals surface area contributed by atoms with Gasteiger partial charge < -0.3 is 10.6 Å². The summed E-state index contributed by atoms with van der Waals surface area (Å²) < 4.78 is 38.4. The summed E-state index contributed by atoms with van der Waals surface area (Å²) in [4.78, 5) is 32.4. The first-order valence-electron chi connectivity index (χ1n) is 8.08. The van der Waals surface area contributed by atoms with Gasteiger partial charge in [0.1, 0.15) is 6.33 Å². The second-order valence-electron chi connectivity index (χ2n) is 5.81. The Morgan fingerprint density at radius 1 is 0.897 bits per heavy atom. The van der Waals surface area contributed by atoms with E-state index < -0.39 is 23.6 Å². The van der Waals surface area contributed by atoms with Crippen molar-refractivity contribution in [3.63, 3.8) is 0 Å². The summed E-state index contributed by atoms with van der Waals surface area (Å²) in [6.45, 7) is 0. The molecule has 29 heavy (non-hydrogen) atoms. The average Bonchev–Trinajstić information content (AvgIpc) is 2.68. The molecular formula is C19H12ClF3N4O2. The van der Waals surface area contributed by atoms with Crippen LogP contribution < -0.4 is 10.6 Å². The molecule has 0 fully saturated rings. The number of amides is 2. The molecule has 2 N–H and O–H groups in total. The first kappa shape index (κ1) is 20.3. The Labute approximate surface area is 167 Å². The van der Waals surface area contributed by atoms with E-state index in [1.807, 2.05) is 0 Å². The Hall–Kier alpha value is -3.46. The molecule has 0 radical (unpaired) electrons. The normalized spacial score (nSPS) is 11.0. The number of carbonyl (C=O) groups is 2. The summed E-state index contributed by atoms with van der Waals surface area (Å²) in [6, 6.07) is 8.16. The number of carbonyl (C=O) groups excluding carboxylic acids is 2. The summed E-state index contributed by atoms with van der Waals surface area (Å²) in [5.41, 5.74) is -0.551. The van der Waals surface area contributed by atoms with E-state index in [0.717, 1.165) is 12.1 Å². The van der Waals surface area contributed by atoms with Gasteiger partial charge in [-0.05, 0) is 36.4 Å². The number of rotatable bonds is 4. The molecule has 0 unspecified atom stereocenters. The number of halogens is 4. The van der Waals surface area contributed by atoms with Crippen molar-refractivity contribution in [2.24, 2.45) is 0 Å². The first-order valence-corrected chi connectivity index (χ1v) is 8.46. The highest BCUT2D eigenvalue weighted by molar-refractivity contribution is 6.34. The number of hydrogen-bond donors (Lipinski definition) is 2. The van der Waals surface area contributed by atoms with Crippen molar-refractivity contribution in [3.8, 4) is 0 Å². The molecule has 148 valence electrons. The highest BCUT2D eigenvalue weighted by Crippen LogP contribution is 2.30. The standard InChI is InChI=1S/C19H12ClF3N4O2/c20-16-5-4-11(6-15(16)18(29)27-14-8-24-10-25-9-14)17(28)26-13-3-1-2-12(7-13)19(21,22)23/h1-10H,(H,26,28)(H,27,29). The SMILES string of the molecule is O=C(Nc1cccc(C(F)(F)F)c1)c1ccc(Cl)c(C(=O)Nc2cncnc2)c1. The van der Waals surface area contributed by atoms with Gasteiger partial charge >= 0.3 is 6.18 Å². The first-order chi connectivity index (χ1) is 13.7. The molecule has 0 saturated heterocycles. The molecule has 0 atom stereocenters. The Balaban J connectivity index is 1.80. The number of aromatic nitrogens is 2. The van der Waals surface area contributed by atoms with E-state index in [-0.39, 0.29) is 21.8 Å². The van der Waals surface area contributed by atoms with Crippen LogP contribution in [0.1, 0.15) is 26.3 Å². The van der Waals surface area contributed by atoms with Crippen LogP contribution in [0.4, 0.5) is 24.5 Å². The molecule has 0 saturated carbocycles. The summed E-state index contributed by atoms with van der Waals surface area (Å²) in [7, 11) is 0. The molecule has 0 spiro atoms. The molecule has 0 aliphatic heterocycles. The predicted octanol–water partition coefficient (Wildman–Crippen LogP) is 4.65. The van der Waals surface area contributed by atoms with Crippen LogP contribution in [-0.2, 0) is 6.18 Å². The van der Waals surface area contributed by atoms with Crippen molar-refractivity contribution < 1.29 is 22.8 Å². The van der Waals surface area contributed by atoms with E-state index in [1.165, 1.54) is 49.1 Å². The Bertz CT molecular complexity index is 1060. The van der Waals surface area contributed by atoms with Gasteiger partial charge in [0.2, 0.25) is 0 Å². The van der Waals surface area contributed by atoms with Crippen molar-refractivity contribution in [2.45, 2.75) is 6.18 Å². The zero-order valence-corrected chi connectivity index (χ0v) is 15.3. The third-order valence-corrected chi connectivity index (χ3v) is 4.07. The fraction of sp³-hybridized carbons (Fsp3) is 0.0526. The monoisotopic (exact) mass is 420 g/mol. The zero-order valence-electron chi connectivity index (χ0n) is 14.5. The number of benzene rings is 2. The number of nitrogens with one attached hydrogen (secondary N) is 2. The van der Waals surface area contributed by atoms with Crippen molar-refractivity contribution in [1.82, 2.24) is 9.97 Å². The molecule has 0 bridgehead atoms. The lowest BCUT2D eigenvalue weighted by Crippen LogP contribution is -2.16. The van der Waals surface area contributed by atoms with Crippen LogP contribution in [-0.4, -0.2) is 21.8 Å². The van der Waals surface area contributed by atoms with Crippen LogP contribution in [0.5, 0.6) is 0 Å². The largest absolute Gasteiger partial charge is 0.416 e. The minimum atomic E-state index is -4.53. The maximum absolute atomic E-state index is 12.8. The molecular weight excluding hydrogens is 409 g/mol. The number of alkyl halides is 3. The summed E-state index contributed by atoms with van der Waals surface area (Å²) in [6.07, 6.45) is -0.485. The van der Waals surface area contributed by atoms with Gasteiger partial charge in [0.25, 0.3) is 11.8 Å². The second-order valence-corrected chi connectivity index (χ2v) is 6.22. The molecule has 6 nitrogen and oxygen atoms in total. The van der Waals surface area contributed by atoms with Crippen LogP contribution in [0.2, 0.25) is 5.02 Å². The molecule has 1 aromatic heterocycles. The minimum absolute atomic E-state index is 0.00668. The predicted molar refractivity (Wildman–Crippen MR) is 101 cm³/mol. The molecule has 0 aliphatic carbocycles. The van der Waals surface area contributed by atoms with E-state index in [4.69, 9.17) is 11.6 Å². The van der Waals surface area contributed by atoms with Crippen LogP contribution >= 0.6 is 11.6 Å². The molecule has 0 aliphatic rings. The zero-order chi connectivity index (χ0) is 21.0. The van der Waals surface area contributed by atoms with Gasteiger partial charge in [0, 0.05) is 11.3 Å². The highest BCUT2D eigenvalue weighted by atomic mass is 35.5. The van der Waals surface area contributed by atoms with Gasteiger partial charge in [-0.25, -0.2) is 9.97 Å². The van der Waals surface area contributed by atoms with Crippen LogP contribution in [0.25, 0.3) is 0 Å². The maximum Gasteiger partial charge on any atom is 0.416 e. The number of anilines is 2. The van der Waals surface area contributed by atoms with Gasteiger partial charge in [0.05, 0.1) is 34.2 Å². The van der Waals surface area contributed by atoms with E-state index in [9.17, 15) is 22.8 Å². The van der Waals surface area contributed by atoms with Crippen molar-refractivity contribution in [1.29, 1.82) is 0 Å². The average molecular weight is 421 g/mol. The molecule has 3 rings (SSSR count). The smallest absolute Gasteiger partial charge is 0.322 e. The second kappa shape index (κ2) is 8.27. The van der Waals surface area contributed by atoms with Gasteiger partial charge in [-0.1, -0.05) is 17.7 Å². The van der Waals surface area contributed by atoms with E-state index in [1.54, 1.807) is 0 Å². The lowest BCUT2D eigenvalue weighted by atomic mass is 10.1. The van der Waals surface area contributed by atoms with Crippen LogP contribution in [0.3, 0.4) is 0 Å². The van der Waals surface area contributed by atoms with Gasteiger partial charge in [0.15, 0.2) is 0 Å². The van der Waals surface area contributed by atoms with E-state index >= 15 is 0 Å². The van der Waals surface area contributed by atoms with Crippen molar-refractivity contribution in [3.05, 3.63) is 82.9 Å². The molecule has 1 heterocycles. The summed E-state index contributed by atoms with van der Waals surface area (Å²) in [5.74, 6) is -1.29. The van der Waals surface area contributed by atoms with Crippen molar-refractivity contribution >= 4 is 34.8 Å². The lowest BCUT2D eigenvalue weighted by Gasteiger charge is -2.11. The molecule has 10 heteroatoms. The Morgan fingerprint density at radius 2 is 1.59 bits per heavy atom. The number of hydrogen-bond acceptors (Lipinski definition) is 4. The van der Waals surface area contributed by atoms with E-state index in [0.29, 0.717) is 5.69 Å². The quantitative estimate of drug-likeness (QED) is 0.643. The third-order valence-electron chi connectivity index (χ3n) is 3.74. The Kier molecular flexibility index (Phi) is 5.79. The maximum atomic E-state index is 12.8. The van der Waals surface area contributed by atoms with Gasteiger partial charge in [-0.3, -0.25) is 9.59 Å². The molecule has 3 aromatic rings. The lowest BCUT2D eigenvalue weighted by molar-refractivity contribution is -0.137. The van der Waals surface area contributed by atoms with Crippen LogP contribution in [0, 0.1) is 0 Å². The topological polar surface area (TPSA) is 84.0 Å². The van der Waals surface area contributed by atoms with Crippen LogP contribution in [0.15, 0.2) is 61.2 Å². The fourth-order valence-electron chi connectivity index (χ4n) is 2.38. The molecule has 2 aromatic carbocycles. The van der Waals surface area contributed by atoms with E-state index in [2.05, 4.69) is 20.6 Å². The molecule has 2 amide bonds. The number of nitrogens with zero attached hydrogens (tertiary/aromatic N) is 2. The highest BCUT2D eigenvalue weighted by Gasteiger charge is 2.30.